The topological polar surface area (TPSA) is 68.0 Å². The van der Waals surface area contributed by atoms with E-state index in [1.54, 1.807) is 0 Å². The van der Waals surface area contributed by atoms with Gasteiger partial charge in [0.15, 0.2) is 0 Å². The van der Waals surface area contributed by atoms with Gasteiger partial charge in [-0.1, -0.05) is 13.3 Å². The first-order valence-electron chi connectivity index (χ1n) is 3.86. The summed E-state index contributed by atoms with van der Waals surface area (Å²) in [6, 6.07) is 0. The zero-order chi connectivity index (χ0) is 8.97. The van der Waals surface area contributed by atoms with E-state index in [1.165, 1.54) is 11.0 Å². The molecule has 5 heteroatoms. The highest BCUT2D eigenvalue weighted by Crippen LogP contribution is 1.97. The number of carboxylic acids is 1. The van der Waals surface area contributed by atoms with Crippen LogP contribution in [-0.4, -0.2) is 25.8 Å². The summed E-state index contributed by atoms with van der Waals surface area (Å²) in [4.78, 5) is 14.1. The van der Waals surface area contributed by atoms with Crippen LogP contribution in [0.1, 0.15) is 30.4 Å². The van der Waals surface area contributed by atoms with Gasteiger partial charge < -0.3 is 5.11 Å². The lowest BCUT2D eigenvalue weighted by molar-refractivity contribution is 0.0676. The van der Waals surface area contributed by atoms with Gasteiger partial charge in [-0.25, -0.2) is 14.5 Å². The lowest BCUT2D eigenvalue weighted by Crippen LogP contribution is -2.11. The summed E-state index contributed by atoms with van der Waals surface area (Å²) in [5.41, 5.74) is 0. The summed E-state index contributed by atoms with van der Waals surface area (Å²) < 4.78 is 1.41. The minimum absolute atomic E-state index is 0.0171. The van der Waals surface area contributed by atoms with Crippen LogP contribution in [0.4, 0.5) is 0 Å². The van der Waals surface area contributed by atoms with Crippen LogP contribution in [0.15, 0.2) is 6.33 Å². The van der Waals surface area contributed by atoms with E-state index in [2.05, 4.69) is 10.1 Å². The fourth-order valence-corrected chi connectivity index (χ4v) is 0.901. The Morgan fingerprint density at radius 3 is 3.08 bits per heavy atom. The first-order chi connectivity index (χ1) is 5.75. The smallest absolute Gasteiger partial charge is 0.373 e. The Hall–Kier alpha value is -1.39. The molecule has 5 nitrogen and oxygen atoms in total. The first-order valence-corrected chi connectivity index (χ1v) is 3.86. The number of rotatable bonds is 4. The van der Waals surface area contributed by atoms with Crippen LogP contribution >= 0.6 is 0 Å². The Kier molecular flexibility index (Phi) is 2.79. The summed E-state index contributed by atoms with van der Waals surface area (Å²) in [6.07, 6.45) is 3.20. The molecule has 0 bridgehead atoms. The van der Waals surface area contributed by atoms with Crippen LogP contribution in [0, 0.1) is 0 Å². The largest absolute Gasteiger partial charge is 0.475 e. The number of nitrogens with zero attached hydrogens (tertiary/aromatic N) is 3. The summed E-state index contributed by atoms with van der Waals surface area (Å²) >= 11 is 0. The number of aryl methyl sites for hydroxylation is 1. The molecule has 1 aromatic rings. The number of carbonyl (C=O) groups is 1. The molecular weight excluding hydrogens is 158 g/mol. The van der Waals surface area contributed by atoms with Crippen molar-refractivity contribution in [3.8, 4) is 0 Å². The van der Waals surface area contributed by atoms with Crippen molar-refractivity contribution in [1.29, 1.82) is 0 Å². The number of hydrogen-bond acceptors (Lipinski definition) is 3. The average molecular weight is 169 g/mol. The molecule has 1 heterocycles. The molecule has 0 unspecified atom stereocenters. The lowest BCUT2D eigenvalue weighted by Gasteiger charge is -1.99. The number of aromatic nitrogens is 3. The van der Waals surface area contributed by atoms with Crippen molar-refractivity contribution in [1.82, 2.24) is 14.8 Å². The Bertz CT molecular complexity index is 269. The van der Waals surface area contributed by atoms with Gasteiger partial charge in [-0.15, -0.1) is 0 Å². The van der Waals surface area contributed by atoms with Crippen molar-refractivity contribution >= 4 is 5.97 Å². The number of hydrogen-bond donors (Lipinski definition) is 1. The molecule has 0 amide bonds. The summed E-state index contributed by atoms with van der Waals surface area (Å²) in [6.45, 7) is 2.66. The quantitative estimate of drug-likeness (QED) is 0.723. The third kappa shape index (κ3) is 1.81. The molecule has 0 aromatic carbocycles. The molecule has 1 aromatic heterocycles. The van der Waals surface area contributed by atoms with Gasteiger partial charge >= 0.3 is 5.97 Å². The third-order valence-electron chi connectivity index (χ3n) is 1.53. The van der Waals surface area contributed by atoms with Gasteiger partial charge in [0.2, 0.25) is 5.82 Å². The van der Waals surface area contributed by atoms with Gasteiger partial charge in [0.25, 0.3) is 0 Å². The molecule has 0 aliphatic heterocycles. The van der Waals surface area contributed by atoms with E-state index in [0.717, 1.165) is 12.8 Å². The summed E-state index contributed by atoms with van der Waals surface area (Å²) in [5, 5.41) is 12.4. The van der Waals surface area contributed by atoms with Gasteiger partial charge in [0, 0.05) is 6.54 Å². The van der Waals surface area contributed by atoms with Crippen molar-refractivity contribution in [3.05, 3.63) is 12.2 Å². The second-order valence-electron chi connectivity index (χ2n) is 2.47. The second kappa shape index (κ2) is 3.85. The zero-order valence-corrected chi connectivity index (χ0v) is 6.90. The molecule has 0 fully saturated rings. The molecule has 66 valence electrons. The minimum Gasteiger partial charge on any atom is -0.475 e. The molecule has 0 radical (unpaired) electrons. The standard InChI is InChI=1S/C7H11N3O2/c1-2-3-4-10-6(7(11)12)8-5-9-10/h5H,2-4H2,1H3,(H,11,12). The van der Waals surface area contributed by atoms with Crippen molar-refractivity contribution < 1.29 is 9.90 Å². The van der Waals surface area contributed by atoms with Crippen molar-refractivity contribution in [2.75, 3.05) is 0 Å². The Balaban J connectivity index is 2.70. The van der Waals surface area contributed by atoms with Crippen LogP contribution in [-0.2, 0) is 6.54 Å². The predicted molar refractivity (Wildman–Crippen MR) is 41.9 cm³/mol. The van der Waals surface area contributed by atoms with Crippen LogP contribution in [0.5, 0.6) is 0 Å². The maximum atomic E-state index is 10.5. The monoisotopic (exact) mass is 169 g/mol. The molecule has 1 N–H and O–H groups in total. The van der Waals surface area contributed by atoms with E-state index < -0.39 is 5.97 Å². The molecule has 12 heavy (non-hydrogen) atoms. The van der Waals surface area contributed by atoms with Crippen LogP contribution in [0.2, 0.25) is 0 Å². The fraction of sp³-hybridized carbons (Fsp3) is 0.571. The number of aromatic carboxylic acids is 1. The van der Waals surface area contributed by atoms with Crippen molar-refractivity contribution in [2.45, 2.75) is 26.3 Å². The van der Waals surface area contributed by atoms with Gasteiger partial charge in [-0.2, -0.15) is 5.10 Å². The van der Waals surface area contributed by atoms with Gasteiger partial charge in [-0.05, 0) is 6.42 Å². The van der Waals surface area contributed by atoms with Gasteiger partial charge in [-0.3, -0.25) is 0 Å². The van der Waals surface area contributed by atoms with E-state index in [4.69, 9.17) is 5.11 Å². The molecule has 0 saturated carbocycles. The fourth-order valence-electron chi connectivity index (χ4n) is 0.901. The predicted octanol–water partition coefficient (Wildman–Crippen LogP) is 0.776. The van der Waals surface area contributed by atoms with E-state index in [0.29, 0.717) is 6.54 Å². The number of unbranched alkanes of at least 4 members (excludes halogenated alkanes) is 1. The Morgan fingerprint density at radius 2 is 2.50 bits per heavy atom. The highest BCUT2D eigenvalue weighted by Gasteiger charge is 2.10. The molecule has 0 aliphatic carbocycles. The molecule has 0 spiro atoms. The molecule has 0 aliphatic rings. The highest BCUT2D eigenvalue weighted by atomic mass is 16.4. The maximum Gasteiger partial charge on any atom is 0.373 e. The summed E-state index contributed by atoms with van der Waals surface area (Å²) in [7, 11) is 0. The third-order valence-corrected chi connectivity index (χ3v) is 1.53. The van der Waals surface area contributed by atoms with E-state index in [-0.39, 0.29) is 5.82 Å². The van der Waals surface area contributed by atoms with Crippen LogP contribution in [0.25, 0.3) is 0 Å². The second-order valence-corrected chi connectivity index (χ2v) is 2.47. The maximum absolute atomic E-state index is 10.5. The lowest BCUT2D eigenvalue weighted by atomic mass is 10.3. The number of carboxylic acid groups (broad SMARTS) is 1. The van der Waals surface area contributed by atoms with E-state index in [9.17, 15) is 4.79 Å². The average Bonchev–Trinajstić information content (AvgIpc) is 2.48. The molecular formula is C7H11N3O2. The Morgan fingerprint density at radius 1 is 1.75 bits per heavy atom. The van der Waals surface area contributed by atoms with Gasteiger partial charge in [0.1, 0.15) is 6.33 Å². The SMILES string of the molecule is CCCCn1ncnc1C(=O)O. The van der Waals surface area contributed by atoms with E-state index in [1.807, 2.05) is 6.92 Å². The molecule has 1 rings (SSSR count). The first kappa shape index (κ1) is 8.70. The minimum atomic E-state index is -1.02. The van der Waals surface area contributed by atoms with Crippen LogP contribution in [0.3, 0.4) is 0 Å². The molecule has 0 saturated heterocycles. The highest BCUT2D eigenvalue weighted by molar-refractivity contribution is 5.83. The van der Waals surface area contributed by atoms with Crippen molar-refractivity contribution in [2.24, 2.45) is 0 Å². The van der Waals surface area contributed by atoms with Crippen molar-refractivity contribution in [3.63, 3.8) is 0 Å². The van der Waals surface area contributed by atoms with E-state index >= 15 is 0 Å². The summed E-state index contributed by atoms with van der Waals surface area (Å²) in [5.74, 6) is -1.01. The van der Waals surface area contributed by atoms with Crippen LogP contribution < -0.4 is 0 Å². The molecule has 0 atom stereocenters. The normalized spacial score (nSPS) is 10.1. The zero-order valence-electron chi connectivity index (χ0n) is 6.90. The van der Waals surface area contributed by atoms with Gasteiger partial charge in [0.05, 0.1) is 0 Å². The Labute approximate surface area is 70.0 Å².